The number of terminal acetylenes is 1. The molecule has 0 unspecified atom stereocenters. The van der Waals surface area contributed by atoms with Crippen LogP contribution >= 0.6 is 0 Å². The van der Waals surface area contributed by atoms with Crippen molar-refractivity contribution >= 4 is 5.91 Å². The molecule has 0 saturated carbocycles. The number of hydrogen-bond donors (Lipinski definition) is 0. The quantitative estimate of drug-likeness (QED) is 0.689. The van der Waals surface area contributed by atoms with E-state index < -0.39 is 5.66 Å². The van der Waals surface area contributed by atoms with Gasteiger partial charge in [0.25, 0.3) is 0 Å². The lowest BCUT2D eigenvalue weighted by molar-refractivity contribution is -0.146. The highest BCUT2D eigenvalue weighted by molar-refractivity contribution is 5.77. The van der Waals surface area contributed by atoms with Crippen molar-refractivity contribution < 1.29 is 13.9 Å². The molecule has 2 aliphatic heterocycles. The SMILES string of the molecule is C#CCCC1(CCC(=O)N2CC(OCc3ccccc3F)C2)N=N1. The average Bonchev–Trinajstić information content (AvgIpc) is 3.31. The molecule has 1 saturated heterocycles. The molecule has 2 aliphatic rings. The molecular weight excluding hydrogens is 309 g/mol. The fraction of sp³-hybridized carbons (Fsp3) is 0.500. The van der Waals surface area contributed by atoms with E-state index in [2.05, 4.69) is 16.1 Å². The first-order valence-electron chi connectivity index (χ1n) is 8.12. The van der Waals surface area contributed by atoms with Gasteiger partial charge in [0, 0.05) is 44.3 Å². The third-order valence-electron chi connectivity index (χ3n) is 4.42. The predicted molar refractivity (Wildman–Crippen MR) is 86.4 cm³/mol. The van der Waals surface area contributed by atoms with Gasteiger partial charge in [0.2, 0.25) is 5.91 Å². The van der Waals surface area contributed by atoms with Crippen LogP contribution in [0.5, 0.6) is 0 Å². The zero-order valence-corrected chi connectivity index (χ0v) is 13.4. The molecule has 1 amide bonds. The summed E-state index contributed by atoms with van der Waals surface area (Å²) in [6.07, 6.45) is 7.58. The molecule has 5 nitrogen and oxygen atoms in total. The number of carbonyl (C=O) groups excluding carboxylic acids is 1. The highest BCUT2D eigenvalue weighted by Gasteiger charge is 2.40. The highest BCUT2D eigenvalue weighted by Crippen LogP contribution is 2.37. The van der Waals surface area contributed by atoms with Crippen molar-refractivity contribution in [1.82, 2.24) is 4.90 Å². The first-order valence-corrected chi connectivity index (χ1v) is 8.12. The van der Waals surface area contributed by atoms with Crippen LogP contribution in [0.2, 0.25) is 0 Å². The van der Waals surface area contributed by atoms with Crippen molar-refractivity contribution in [2.75, 3.05) is 13.1 Å². The molecule has 3 rings (SSSR count). The van der Waals surface area contributed by atoms with Crippen molar-refractivity contribution in [3.63, 3.8) is 0 Å². The molecule has 0 aromatic heterocycles. The number of rotatable bonds is 8. The van der Waals surface area contributed by atoms with Crippen molar-refractivity contribution in [3.8, 4) is 12.3 Å². The molecule has 24 heavy (non-hydrogen) atoms. The fourth-order valence-corrected chi connectivity index (χ4v) is 2.70. The highest BCUT2D eigenvalue weighted by atomic mass is 19.1. The number of benzene rings is 1. The maximum absolute atomic E-state index is 13.5. The van der Waals surface area contributed by atoms with Crippen molar-refractivity contribution in [3.05, 3.63) is 35.6 Å². The summed E-state index contributed by atoms with van der Waals surface area (Å²) >= 11 is 0. The van der Waals surface area contributed by atoms with E-state index in [1.807, 2.05) is 0 Å². The summed E-state index contributed by atoms with van der Waals surface area (Å²) in [6, 6.07) is 6.55. The standard InChI is InChI=1S/C18H20FN3O2/c1-2-3-9-18(20-21-18)10-8-17(23)22-11-15(12-22)24-13-14-6-4-5-7-16(14)19/h1,4-7,15H,3,8-13H2. The Morgan fingerprint density at radius 3 is 2.79 bits per heavy atom. The maximum Gasteiger partial charge on any atom is 0.222 e. The summed E-state index contributed by atoms with van der Waals surface area (Å²) in [5.41, 5.74) is 0.128. The molecule has 0 N–H and O–H groups in total. The van der Waals surface area contributed by atoms with E-state index in [0.717, 1.165) is 0 Å². The van der Waals surface area contributed by atoms with Crippen LogP contribution in [0.4, 0.5) is 4.39 Å². The number of amides is 1. The van der Waals surface area contributed by atoms with Crippen LogP contribution in [-0.2, 0) is 16.1 Å². The average molecular weight is 329 g/mol. The molecule has 126 valence electrons. The second-order valence-electron chi connectivity index (χ2n) is 6.21. The molecule has 2 heterocycles. The molecule has 0 spiro atoms. The van der Waals surface area contributed by atoms with Gasteiger partial charge in [-0.15, -0.1) is 12.3 Å². The third-order valence-corrected chi connectivity index (χ3v) is 4.42. The third kappa shape index (κ3) is 3.98. The second kappa shape index (κ2) is 7.10. The molecule has 1 fully saturated rings. The van der Waals surface area contributed by atoms with Crippen LogP contribution < -0.4 is 0 Å². The molecule has 6 heteroatoms. The molecular formula is C18H20FN3O2. The largest absolute Gasteiger partial charge is 0.370 e. The predicted octanol–water partition coefficient (Wildman–Crippen LogP) is 2.91. The summed E-state index contributed by atoms with van der Waals surface area (Å²) in [5.74, 6) is 2.39. The van der Waals surface area contributed by atoms with Gasteiger partial charge in [-0.05, 0) is 6.07 Å². The Balaban J connectivity index is 1.34. The molecule has 0 bridgehead atoms. The Hall–Kier alpha value is -2.26. The van der Waals surface area contributed by atoms with Gasteiger partial charge >= 0.3 is 0 Å². The van der Waals surface area contributed by atoms with Gasteiger partial charge in [0.05, 0.1) is 12.7 Å². The zero-order chi connectivity index (χ0) is 17.0. The minimum absolute atomic E-state index is 0.0285. The number of carbonyl (C=O) groups is 1. The van der Waals surface area contributed by atoms with Crippen molar-refractivity contribution in [1.29, 1.82) is 0 Å². The van der Waals surface area contributed by atoms with E-state index >= 15 is 0 Å². The minimum atomic E-state index is -0.409. The maximum atomic E-state index is 13.5. The monoisotopic (exact) mass is 329 g/mol. The van der Waals surface area contributed by atoms with Gasteiger partial charge in [0.1, 0.15) is 5.82 Å². The summed E-state index contributed by atoms with van der Waals surface area (Å²) < 4.78 is 19.1. The van der Waals surface area contributed by atoms with E-state index in [1.54, 1.807) is 23.1 Å². The summed E-state index contributed by atoms with van der Waals surface area (Å²) in [7, 11) is 0. The number of hydrogen-bond acceptors (Lipinski definition) is 4. The van der Waals surface area contributed by atoms with E-state index in [0.29, 0.717) is 44.3 Å². The first kappa shape index (κ1) is 16.6. The number of halogens is 1. The number of nitrogens with zero attached hydrogens (tertiary/aromatic N) is 3. The Morgan fingerprint density at radius 2 is 2.12 bits per heavy atom. The second-order valence-corrected chi connectivity index (χ2v) is 6.21. The molecule has 0 radical (unpaired) electrons. The van der Waals surface area contributed by atoms with E-state index in [4.69, 9.17) is 11.2 Å². The lowest BCUT2D eigenvalue weighted by Gasteiger charge is -2.39. The smallest absolute Gasteiger partial charge is 0.222 e. The Labute approximate surface area is 140 Å². The van der Waals surface area contributed by atoms with Gasteiger partial charge in [0.15, 0.2) is 5.66 Å². The van der Waals surface area contributed by atoms with Gasteiger partial charge in [-0.2, -0.15) is 10.2 Å². The fourth-order valence-electron chi connectivity index (χ4n) is 2.70. The molecule has 0 aliphatic carbocycles. The summed E-state index contributed by atoms with van der Waals surface area (Å²) in [4.78, 5) is 13.9. The van der Waals surface area contributed by atoms with Crippen LogP contribution in [0.25, 0.3) is 0 Å². The Bertz CT molecular complexity index is 671. The van der Waals surface area contributed by atoms with Crippen LogP contribution in [-0.4, -0.2) is 35.7 Å². The van der Waals surface area contributed by atoms with Gasteiger partial charge in [-0.1, -0.05) is 18.2 Å². The van der Waals surface area contributed by atoms with Gasteiger partial charge < -0.3 is 9.64 Å². The summed E-state index contributed by atoms with van der Waals surface area (Å²) in [5, 5.41) is 8.06. The van der Waals surface area contributed by atoms with Gasteiger partial charge in [-0.3, -0.25) is 4.79 Å². The van der Waals surface area contributed by atoms with Crippen molar-refractivity contribution in [2.45, 2.75) is 44.1 Å². The topological polar surface area (TPSA) is 54.3 Å². The molecule has 1 aromatic carbocycles. The lowest BCUT2D eigenvalue weighted by Crippen LogP contribution is -2.54. The summed E-state index contributed by atoms with van der Waals surface area (Å²) in [6.45, 7) is 1.34. The number of likely N-dealkylation sites (tertiary alicyclic amines) is 1. The lowest BCUT2D eigenvalue weighted by atomic mass is 10.0. The van der Waals surface area contributed by atoms with Crippen molar-refractivity contribution in [2.24, 2.45) is 10.2 Å². The van der Waals surface area contributed by atoms with Crippen LogP contribution in [0, 0.1) is 18.2 Å². The van der Waals surface area contributed by atoms with E-state index in [-0.39, 0.29) is 24.4 Å². The van der Waals surface area contributed by atoms with Gasteiger partial charge in [-0.25, -0.2) is 4.39 Å². The molecule has 0 atom stereocenters. The van der Waals surface area contributed by atoms with Crippen LogP contribution in [0.15, 0.2) is 34.5 Å². The van der Waals surface area contributed by atoms with Crippen LogP contribution in [0.1, 0.15) is 31.2 Å². The Kier molecular flexibility index (Phi) is 4.91. The normalized spacial score (nSPS) is 18.1. The van der Waals surface area contributed by atoms with E-state index in [9.17, 15) is 9.18 Å². The Morgan fingerprint density at radius 1 is 1.38 bits per heavy atom. The number of ether oxygens (including phenoxy) is 1. The minimum Gasteiger partial charge on any atom is -0.370 e. The van der Waals surface area contributed by atoms with E-state index in [1.165, 1.54) is 6.07 Å². The first-order chi connectivity index (χ1) is 11.6. The zero-order valence-electron chi connectivity index (χ0n) is 13.4. The molecule has 1 aromatic rings. The van der Waals surface area contributed by atoms with Crippen LogP contribution in [0.3, 0.4) is 0 Å².